The van der Waals surface area contributed by atoms with Crippen LogP contribution < -0.4 is 10.6 Å². The summed E-state index contributed by atoms with van der Waals surface area (Å²) in [6.07, 6.45) is 0.286. The Balaban J connectivity index is 1.99. The van der Waals surface area contributed by atoms with Gasteiger partial charge in [0.15, 0.2) is 11.6 Å². The van der Waals surface area contributed by atoms with Crippen molar-refractivity contribution in [2.75, 3.05) is 23.7 Å². The minimum atomic E-state index is -0.622. The Morgan fingerprint density at radius 3 is 2.44 bits per heavy atom. The van der Waals surface area contributed by atoms with Crippen molar-refractivity contribution in [3.63, 3.8) is 0 Å². The van der Waals surface area contributed by atoms with Gasteiger partial charge in [-0.1, -0.05) is 18.2 Å². The molecule has 2 atom stereocenters. The van der Waals surface area contributed by atoms with Crippen molar-refractivity contribution in [3.05, 3.63) is 47.8 Å². The molecule has 166 valence electrons. The van der Waals surface area contributed by atoms with Crippen LogP contribution in [0.3, 0.4) is 0 Å². The van der Waals surface area contributed by atoms with E-state index < -0.39 is 12.2 Å². The van der Waals surface area contributed by atoms with Crippen molar-refractivity contribution in [3.8, 4) is 11.8 Å². The van der Waals surface area contributed by atoms with E-state index in [-0.39, 0.29) is 18.2 Å². The number of hydrogen-bond donors (Lipinski definition) is 4. The molecular formula is C21H25N9O2. The average Bonchev–Trinajstić information content (AvgIpc) is 3.11. The summed E-state index contributed by atoms with van der Waals surface area (Å²) < 4.78 is 1.55. The van der Waals surface area contributed by atoms with Crippen molar-refractivity contribution in [1.29, 1.82) is 5.26 Å². The summed E-state index contributed by atoms with van der Waals surface area (Å²) in [6.45, 7) is 5.54. The standard InChI is InChI=1S/C21H25N9O2/c1-13(31)10-23-18-12-25-20(19(26-18)24-11-14(2)32)27-28-21-17(9-22)15(3)29-30(21)16-7-5-4-6-8-16/h4-8,12-14,31-32H,10-11H2,1-3H3,(H2,23,24,26). The lowest BCUT2D eigenvalue weighted by Gasteiger charge is -2.12. The van der Waals surface area contributed by atoms with E-state index in [0.29, 0.717) is 29.4 Å². The third-order valence-corrected chi connectivity index (χ3v) is 4.28. The predicted molar refractivity (Wildman–Crippen MR) is 120 cm³/mol. The number of hydrogen-bond acceptors (Lipinski definition) is 10. The predicted octanol–water partition coefficient (Wildman–Crippen LogP) is 2.84. The van der Waals surface area contributed by atoms with Crippen LogP contribution in [0.1, 0.15) is 25.1 Å². The molecule has 2 aromatic heterocycles. The van der Waals surface area contributed by atoms with Gasteiger partial charge in [-0.05, 0) is 32.9 Å². The summed E-state index contributed by atoms with van der Waals surface area (Å²) in [5.74, 6) is 1.18. The van der Waals surface area contributed by atoms with Crippen molar-refractivity contribution >= 4 is 23.3 Å². The van der Waals surface area contributed by atoms with Crippen LogP contribution in [0.25, 0.3) is 5.69 Å². The molecule has 2 unspecified atom stereocenters. The van der Waals surface area contributed by atoms with E-state index in [9.17, 15) is 15.5 Å². The number of para-hydroxylation sites is 1. The molecule has 0 saturated carbocycles. The van der Waals surface area contributed by atoms with Crippen LogP contribution in [0.2, 0.25) is 0 Å². The molecular weight excluding hydrogens is 410 g/mol. The van der Waals surface area contributed by atoms with Gasteiger partial charge in [0, 0.05) is 13.1 Å². The second-order valence-corrected chi connectivity index (χ2v) is 7.23. The number of aromatic nitrogens is 4. The molecule has 0 aliphatic rings. The van der Waals surface area contributed by atoms with E-state index in [0.717, 1.165) is 5.69 Å². The number of aliphatic hydroxyl groups is 2. The smallest absolute Gasteiger partial charge is 0.217 e. The molecule has 0 aliphatic carbocycles. The first kappa shape index (κ1) is 22.8. The molecule has 0 bridgehead atoms. The molecule has 0 amide bonds. The number of aryl methyl sites for hydroxylation is 1. The molecule has 4 N–H and O–H groups in total. The van der Waals surface area contributed by atoms with Crippen molar-refractivity contribution < 1.29 is 10.2 Å². The van der Waals surface area contributed by atoms with E-state index in [1.807, 2.05) is 30.3 Å². The Kier molecular flexibility index (Phi) is 7.43. The normalized spacial score (nSPS) is 13.0. The second-order valence-electron chi connectivity index (χ2n) is 7.23. The molecule has 1 aromatic carbocycles. The minimum absolute atomic E-state index is 0.176. The second kappa shape index (κ2) is 10.4. The monoisotopic (exact) mass is 435 g/mol. The maximum Gasteiger partial charge on any atom is 0.217 e. The van der Waals surface area contributed by atoms with Crippen molar-refractivity contribution in [1.82, 2.24) is 19.7 Å². The summed E-state index contributed by atoms with van der Waals surface area (Å²) in [4.78, 5) is 8.70. The van der Waals surface area contributed by atoms with E-state index >= 15 is 0 Å². The highest BCUT2D eigenvalue weighted by Gasteiger charge is 2.17. The fraction of sp³-hybridized carbons (Fsp3) is 0.333. The molecule has 0 spiro atoms. The Morgan fingerprint density at radius 1 is 1.09 bits per heavy atom. The molecule has 3 aromatic rings. The first-order valence-electron chi connectivity index (χ1n) is 10.1. The molecule has 0 radical (unpaired) electrons. The van der Waals surface area contributed by atoms with Gasteiger partial charge in [0.1, 0.15) is 17.5 Å². The van der Waals surface area contributed by atoms with Gasteiger partial charge in [-0.2, -0.15) is 10.4 Å². The molecule has 0 saturated heterocycles. The minimum Gasteiger partial charge on any atom is -0.392 e. The highest BCUT2D eigenvalue weighted by molar-refractivity contribution is 5.60. The zero-order valence-electron chi connectivity index (χ0n) is 18.1. The van der Waals surface area contributed by atoms with Gasteiger partial charge in [0.2, 0.25) is 5.82 Å². The molecule has 0 aliphatic heterocycles. The van der Waals surface area contributed by atoms with Crippen molar-refractivity contribution in [2.45, 2.75) is 33.0 Å². The average molecular weight is 435 g/mol. The maximum absolute atomic E-state index is 9.63. The summed E-state index contributed by atoms with van der Waals surface area (Å²) in [6, 6.07) is 11.4. The number of azo groups is 1. The number of nitrogens with zero attached hydrogens (tertiary/aromatic N) is 7. The first-order chi connectivity index (χ1) is 15.4. The number of rotatable bonds is 9. The number of nitrogens with one attached hydrogen (secondary N) is 2. The van der Waals surface area contributed by atoms with Crippen LogP contribution in [0.5, 0.6) is 0 Å². The van der Waals surface area contributed by atoms with E-state index in [1.165, 1.54) is 6.20 Å². The van der Waals surface area contributed by atoms with Gasteiger partial charge in [-0.15, -0.1) is 10.2 Å². The molecule has 32 heavy (non-hydrogen) atoms. The number of aliphatic hydroxyl groups excluding tert-OH is 2. The largest absolute Gasteiger partial charge is 0.392 e. The highest BCUT2D eigenvalue weighted by Crippen LogP contribution is 2.29. The number of nitriles is 1. The third-order valence-electron chi connectivity index (χ3n) is 4.28. The summed E-state index contributed by atoms with van der Waals surface area (Å²) in [5.41, 5.74) is 1.57. The van der Waals surface area contributed by atoms with Crippen LogP contribution in [0.15, 0.2) is 46.8 Å². The van der Waals surface area contributed by atoms with Crippen LogP contribution in [-0.4, -0.2) is 55.3 Å². The number of benzene rings is 1. The fourth-order valence-corrected chi connectivity index (χ4v) is 2.74. The van der Waals surface area contributed by atoms with Gasteiger partial charge in [0.25, 0.3) is 0 Å². The zero-order chi connectivity index (χ0) is 23.1. The van der Waals surface area contributed by atoms with Crippen LogP contribution in [-0.2, 0) is 0 Å². The molecule has 11 heteroatoms. The SMILES string of the molecule is Cc1nn(-c2ccccc2)c(N=Nc2ncc(NCC(C)O)nc2NCC(C)O)c1C#N. The van der Waals surface area contributed by atoms with Gasteiger partial charge < -0.3 is 20.8 Å². The van der Waals surface area contributed by atoms with Gasteiger partial charge >= 0.3 is 0 Å². The molecule has 2 heterocycles. The lowest BCUT2D eigenvalue weighted by atomic mass is 10.2. The topological polar surface area (TPSA) is 157 Å². The van der Waals surface area contributed by atoms with E-state index in [2.05, 4.69) is 42.0 Å². The first-order valence-corrected chi connectivity index (χ1v) is 10.1. The van der Waals surface area contributed by atoms with Crippen LogP contribution in [0, 0.1) is 18.3 Å². The molecule has 3 rings (SSSR count). The Labute approximate surface area is 185 Å². The van der Waals surface area contributed by atoms with Gasteiger partial charge in [-0.3, -0.25) is 0 Å². The number of anilines is 2. The third kappa shape index (κ3) is 5.63. The fourth-order valence-electron chi connectivity index (χ4n) is 2.74. The van der Waals surface area contributed by atoms with E-state index in [1.54, 1.807) is 25.5 Å². The van der Waals surface area contributed by atoms with Gasteiger partial charge in [-0.25, -0.2) is 14.6 Å². The lowest BCUT2D eigenvalue weighted by molar-refractivity contribution is 0.208. The zero-order valence-corrected chi connectivity index (χ0v) is 18.1. The maximum atomic E-state index is 9.63. The summed E-state index contributed by atoms with van der Waals surface area (Å²) in [5, 5.41) is 47.6. The van der Waals surface area contributed by atoms with Crippen molar-refractivity contribution in [2.24, 2.45) is 10.2 Å². The van der Waals surface area contributed by atoms with Crippen LogP contribution >= 0.6 is 0 Å². The highest BCUT2D eigenvalue weighted by atomic mass is 16.3. The molecule has 11 nitrogen and oxygen atoms in total. The Hall–Kier alpha value is -3.88. The van der Waals surface area contributed by atoms with Crippen LogP contribution in [0.4, 0.5) is 23.3 Å². The molecule has 0 fully saturated rings. The van der Waals surface area contributed by atoms with Gasteiger partial charge in [0.05, 0.1) is 29.8 Å². The van der Waals surface area contributed by atoms with E-state index in [4.69, 9.17) is 0 Å². The Bertz CT molecular complexity index is 1120. The Morgan fingerprint density at radius 2 is 1.78 bits per heavy atom. The lowest BCUT2D eigenvalue weighted by Crippen LogP contribution is -2.18. The summed E-state index contributed by atoms with van der Waals surface area (Å²) >= 11 is 0. The quantitative estimate of drug-likeness (QED) is 0.374. The summed E-state index contributed by atoms with van der Waals surface area (Å²) in [7, 11) is 0.